The minimum Gasteiger partial charge on any atom is -0.508 e. The number of nitrogens with one attached hydrogen (secondary N) is 1. The van der Waals surface area contributed by atoms with Crippen LogP contribution in [0.5, 0.6) is 5.75 Å². The SMILES string of the molecule is [N-]=[NH+]C(=O)c1ccc(O)cc1. The molecule has 0 aromatic heterocycles. The molecule has 11 heavy (non-hydrogen) atoms. The molecular weight excluding hydrogens is 144 g/mol. The molecule has 0 atom stereocenters. The average Bonchev–Trinajstić information content (AvgIpc) is 2.05. The van der Waals surface area contributed by atoms with E-state index in [1.165, 1.54) is 29.4 Å². The summed E-state index contributed by atoms with van der Waals surface area (Å²) < 4.78 is 0. The van der Waals surface area contributed by atoms with Crippen LogP contribution in [-0.4, -0.2) is 11.0 Å². The molecule has 1 amide bonds. The lowest BCUT2D eigenvalue weighted by molar-refractivity contribution is -0.369. The first-order chi connectivity index (χ1) is 5.24. The van der Waals surface area contributed by atoms with Crippen molar-refractivity contribution in [2.24, 2.45) is 0 Å². The molecule has 1 aromatic rings. The van der Waals surface area contributed by atoms with Gasteiger partial charge in [-0.1, -0.05) is 0 Å². The van der Waals surface area contributed by atoms with Crippen LogP contribution < -0.4 is 5.11 Å². The second-order valence-electron chi connectivity index (χ2n) is 1.99. The third kappa shape index (κ3) is 1.61. The van der Waals surface area contributed by atoms with Crippen LogP contribution in [-0.2, 0) is 0 Å². The van der Waals surface area contributed by atoms with E-state index in [-0.39, 0.29) is 5.75 Å². The summed E-state index contributed by atoms with van der Waals surface area (Å²) in [5.74, 6) is -0.510. The van der Waals surface area contributed by atoms with E-state index in [0.717, 1.165) is 0 Å². The minimum absolute atomic E-state index is 0.0829. The molecule has 0 heterocycles. The summed E-state index contributed by atoms with van der Waals surface area (Å²) in [6.07, 6.45) is 0. The van der Waals surface area contributed by atoms with Gasteiger partial charge in [0.1, 0.15) is 5.75 Å². The van der Waals surface area contributed by atoms with Crippen molar-refractivity contribution in [3.05, 3.63) is 35.4 Å². The van der Waals surface area contributed by atoms with Gasteiger partial charge in [-0.3, -0.25) is 5.11 Å². The van der Waals surface area contributed by atoms with E-state index in [2.05, 4.69) is 0 Å². The highest BCUT2D eigenvalue weighted by Crippen LogP contribution is 2.07. The Morgan fingerprint density at radius 1 is 1.36 bits per heavy atom. The molecule has 0 radical (unpaired) electrons. The number of amides is 1. The van der Waals surface area contributed by atoms with Crippen LogP contribution in [0.1, 0.15) is 10.4 Å². The second-order valence-corrected chi connectivity index (χ2v) is 1.99. The van der Waals surface area contributed by atoms with Crippen molar-refractivity contribution in [3.8, 4) is 5.75 Å². The van der Waals surface area contributed by atoms with Crippen LogP contribution in [0, 0.1) is 0 Å². The molecule has 0 saturated carbocycles. The molecule has 56 valence electrons. The van der Waals surface area contributed by atoms with E-state index in [1.807, 2.05) is 0 Å². The highest BCUT2D eigenvalue weighted by atomic mass is 16.3. The van der Waals surface area contributed by atoms with Crippen LogP contribution >= 0.6 is 0 Å². The van der Waals surface area contributed by atoms with Crippen LogP contribution in [0.2, 0.25) is 0 Å². The van der Waals surface area contributed by atoms with Gasteiger partial charge in [-0.2, -0.15) is 0 Å². The lowest BCUT2D eigenvalue weighted by atomic mass is 10.2. The van der Waals surface area contributed by atoms with Gasteiger partial charge < -0.3 is 10.6 Å². The van der Waals surface area contributed by atoms with Crippen molar-refractivity contribution < 1.29 is 15.0 Å². The first-order valence-electron chi connectivity index (χ1n) is 2.97. The van der Waals surface area contributed by atoms with Gasteiger partial charge in [0.05, 0.1) is 5.56 Å². The van der Waals surface area contributed by atoms with E-state index >= 15 is 0 Å². The van der Waals surface area contributed by atoms with E-state index in [1.54, 1.807) is 0 Å². The number of phenols is 1. The average molecular weight is 150 g/mol. The Balaban J connectivity index is 2.98. The van der Waals surface area contributed by atoms with Gasteiger partial charge in [0.2, 0.25) is 0 Å². The Hall–Kier alpha value is -1.71. The lowest BCUT2D eigenvalue weighted by Crippen LogP contribution is -2.68. The van der Waals surface area contributed by atoms with Crippen LogP contribution in [0.3, 0.4) is 0 Å². The topological polar surface area (TPSA) is 73.6 Å². The first kappa shape index (κ1) is 7.40. The smallest absolute Gasteiger partial charge is 0.406 e. The molecule has 0 aliphatic rings. The van der Waals surface area contributed by atoms with Crippen molar-refractivity contribution in [1.82, 2.24) is 0 Å². The minimum atomic E-state index is -0.593. The molecule has 0 bridgehead atoms. The van der Waals surface area contributed by atoms with Crippen molar-refractivity contribution in [2.45, 2.75) is 0 Å². The monoisotopic (exact) mass is 150 g/mol. The standard InChI is InChI=1S/C7H6N2O2/c8-9-7(11)5-1-3-6(10)4-2-5/h1-4,9-10H. The quantitative estimate of drug-likeness (QED) is 0.536. The number of carbonyl (C=O) groups is 1. The Morgan fingerprint density at radius 2 is 1.91 bits per heavy atom. The van der Waals surface area contributed by atoms with Gasteiger partial charge >= 0.3 is 5.91 Å². The molecule has 0 fully saturated rings. The molecule has 2 N–H and O–H groups in total. The summed E-state index contributed by atoms with van der Waals surface area (Å²) in [5, 5.41) is 10.3. The van der Waals surface area contributed by atoms with E-state index < -0.39 is 5.91 Å². The highest BCUT2D eigenvalue weighted by Gasteiger charge is 2.04. The van der Waals surface area contributed by atoms with Gasteiger partial charge in [-0.15, -0.1) is 0 Å². The maximum atomic E-state index is 10.7. The van der Waals surface area contributed by atoms with E-state index in [9.17, 15) is 4.79 Å². The maximum absolute atomic E-state index is 10.7. The zero-order chi connectivity index (χ0) is 8.27. The van der Waals surface area contributed by atoms with Gasteiger partial charge in [-0.25, -0.2) is 4.79 Å². The zero-order valence-corrected chi connectivity index (χ0v) is 5.61. The van der Waals surface area contributed by atoms with Crippen molar-refractivity contribution in [1.29, 1.82) is 0 Å². The Morgan fingerprint density at radius 3 is 2.36 bits per heavy atom. The fraction of sp³-hybridized carbons (Fsp3) is 0. The van der Waals surface area contributed by atoms with Gasteiger partial charge in [0.15, 0.2) is 0 Å². The number of phenolic OH excluding ortho intramolecular Hbond substituents is 1. The number of nitrogens with zero attached hydrogens (tertiary/aromatic N) is 1. The number of hydrogen-bond acceptors (Lipinski definition) is 2. The second kappa shape index (κ2) is 2.92. The van der Waals surface area contributed by atoms with Crippen LogP contribution in [0.25, 0.3) is 5.53 Å². The number of hydrogen-bond donors (Lipinski definition) is 2. The number of carbonyl (C=O) groups excluding carboxylic acids is 1. The van der Waals surface area contributed by atoms with Crippen molar-refractivity contribution >= 4 is 5.91 Å². The molecule has 0 spiro atoms. The summed E-state index contributed by atoms with van der Waals surface area (Å²) >= 11 is 0. The predicted octanol–water partition coefficient (Wildman–Crippen LogP) is -0.365. The van der Waals surface area contributed by atoms with Crippen LogP contribution in [0.15, 0.2) is 24.3 Å². The lowest BCUT2D eigenvalue weighted by Gasteiger charge is -1.91. The number of benzene rings is 1. The molecule has 4 heteroatoms. The molecular formula is C7H6N2O2. The van der Waals surface area contributed by atoms with Gasteiger partial charge in [-0.05, 0) is 24.3 Å². The summed E-state index contributed by atoms with van der Waals surface area (Å²) in [5.41, 5.74) is 8.49. The number of rotatable bonds is 1. The first-order valence-corrected chi connectivity index (χ1v) is 2.97. The predicted molar refractivity (Wildman–Crippen MR) is 36.8 cm³/mol. The van der Waals surface area contributed by atoms with E-state index in [4.69, 9.17) is 10.6 Å². The molecule has 4 nitrogen and oxygen atoms in total. The number of aromatic hydroxyl groups is 1. The van der Waals surface area contributed by atoms with Crippen LogP contribution in [0.4, 0.5) is 0 Å². The summed E-state index contributed by atoms with van der Waals surface area (Å²) in [7, 11) is 0. The zero-order valence-electron chi connectivity index (χ0n) is 5.61. The van der Waals surface area contributed by atoms with Gasteiger partial charge in [0.25, 0.3) is 0 Å². The third-order valence-electron chi connectivity index (χ3n) is 1.23. The summed E-state index contributed by atoms with van der Waals surface area (Å²) in [6, 6.07) is 5.54. The summed E-state index contributed by atoms with van der Waals surface area (Å²) in [6.45, 7) is 0. The van der Waals surface area contributed by atoms with E-state index in [0.29, 0.717) is 5.56 Å². The Kier molecular flexibility index (Phi) is 1.96. The fourth-order valence-electron chi connectivity index (χ4n) is 0.677. The fourth-order valence-corrected chi connectivity index (χ4v) is 0.677. The normalized spacial score (nSPS) is 9.09. The third-order valence-corrected chi connectivity index (χ3v) is 1.23. The van der Waals surface area contributed by atoms with Gasteiger partial charge in [0, 0.05) is 0 Å². The molecule has 0 aliphatic heterocycles. The molecule has 0 unspecified atom stereocenters. The maximum Gasteiger partial charge on any atom is 0.406 e. The summed E-state index contributed by atoms with van der Waals surface area (Å²) in [4.78, 5) is 10.7. The largest absolute Gasteiger partial charge is 0.508 e. The Labute approximate surface area is 63.0 Å². The molecule has 0 aliphatic carbocycles. The Bertz CT molecular complexity index is 279. The molecule has 1 rings (SSSR count). The highest BCUT2D eigenvalue weighted by molar-refractivity contribution is 5.86. The van der Waals surface area contributed by atoms with Crippen molar-refractivity contribution in [2.75, 3.05) is 0 Å². The molecule has 0 saturated heterocycles. The molecule has 1 aromatic carbocycles. The van der Waals surface area contributed by atoms with Crippen molar-refractivity contribution in [3.63, 3.8) is 0 Å².